The highest BCUT2D eigenvalue weighted by Crippen LogP contribution is 2.11. The molecule has 0 aliphatic rings. The monoisotopic (exact) mass is 260 g/mol. The van der Waals surface area contributed by atoms with Crippen molar-refractivity contribution in [1.82, 2.24) is 10.2 Å². The lowest BCUT2D eigenvalue weighted by molar-refractivity contribution is -0.143. The third-order valence-electron chi connectivity index (χ3n) is 3.10. The number of carboxylic acids is 1. The molecule has 0 bridgehead atoms. The summed E-state index contributed by atoms with van der Waals surface area (Å²) in [6.45, 7) is 7.84. The van der Waals surface area contributed by atoms with Crippen molar-refractivity contribution in [2.24, 2.45) is 0 Å². The molecule has 0 saturated carbocycles. The number of carboxylic acid groups (broad SMARTS) is 1. The number of hydrogen-bond acceptors (Lipinski definition) is 3. The molecule has 0 heterocycles. The van der Waals surface area contributed by atoms with Crippen LogP contribution in [-0.2, 0) is 9.53 Å². The zero-order valence-corrected chi connectivity index (χ0v) is 11.8. The fourth-order valence-corrected chi connectivity index (χ4v) is 1.59. The molecule has 0 saturated heterocycles. The zero-order valence-electron chi connectivity index (χ0n) is 11.8. The number of aliphatic carboxylic acids is 1. The highest BCUT2D eigenvalue weighted by Gasteiger charge is 2.34. The first-order valence-electron chi connectivity index (χ1n) is 6.13. The van der Waals surface area contributed by atoms with Crippen LogP contribution < -0.4 is 5.32 Å². The molecule has 6 heteroatoms. The molecule has 2 atom stereocenters. The quantitative estimate of drug-likeness (QED) is 0.723. The molecule has 0 rings (SSSR count). The lowest BCUT2D eigenvalue weighted by Gasteiger charge is -2.32. The van der Waals surface area contributed by atoms with Crippen molar-refractivity contribution in [3.63, 3.8) is 0 Å². The molecule has 6 nitrogen and oxygen atoms in total. The molecule has 2 N–H and O–H groups in total. The lowest BCUT2D eigenvalue weighted by Crippen LogP contribution is -2.57. The molecule has 0 spiro atoms. The van der Waals surface area contributed by atoms with Gasteiger partial charge in [-0.3, -0.25) is 0 Å². The van der Waals surface area contributed by atoms with Gasteiger partial charge in [0, 0.05) is 13.7 Å². The maximum absolute atomic E-state index is 12.1. The van der Waals surface area contributed by atoms with Crippen LogP contribution in [0.4, 0.5) is 4.79 Å². The predicted octanol–water partition coefficient (Wildman–Crippen LogP) is 1.31. The Morgan fingerprint density at radius 3 is 2.33 bits per heavy atom. The van der Waals surface area contributed by atoms with Gasteiger partial charge in [0.15, 0.2) is 0 Å². The van der Waals surface area contributed by atoms with E-state index in [-0.39, 0.29) is 12.1 Å². The Labute approximate surface area is 108 Å². The Bertz CT molecular complexity index is 296. The van der Waals surface area contributed by atoms with Crippen molar-refractivity contribution in [3.8, 4) is 0 Å². The molecule has 0 aromatic heterocycles. The molecule has 0 aliphatic heterocycles. The van der Waals surface area contributed by atoms with Crippen molar-refractivity contribution in [3.05, 3.63) is 0 Å². The summed E-state index contributed by atoms with van der Waals surface area (Å²) in [5.41, 5.74) is -1.24. The average Bonchev–Trinajstić information content (AvgIpc) is 2.29. The predicted molar refractivity (Wildman–Crippen MR) is 68.6 cm³/mol. The van der Waals surface area contributed by atoms with Gasteiger partial charge >= 0.3 is 12.0 Å². The molecule has 0 radical (unpaired) electrons. The van der Waals surface area contributed by atoms with E-state index in [0.29, 0.717) is 19.6 Å². The number of carbonyl (C=O) groups is 2. The normalized spacial score (nSPS) is 15.6. The Hall–Kier alpha value is -1.30. The first-order valence-corrected chi connectivity index (χ1v) is 6.13. The van der Waals surface area contributed by atoms with Crippen molar-refractivity contribution in [2.45, 2.75) is 45.7 Å². The van der Waals surface area contributed by atoms with E-state index in [1.165, 1.54) is 6.92 Å². The van der Waals surface area contributed by atoms with Crippen molar-refractivity contribution >= 4 is 12.0 Å². The van der Waals surface area contributed by atoms with Crippen LogP contribution in [0.25, 0.3) is 0 Å². The third kappa shape index (κ3) is 4.18. The molecule has 2 amide bonds. The van der Waals surface area contributed by atoms with Gasteiger partial charge in [0.25, 0.3) is 0 Å². The smallest absolute Gasteiger partial charge is 0.329 e. The maximum Gasteiger partial charge on any atom is 0.329 e. The van der Waals surface area contributed by atoms with Gasteiger partial charge in [-0.2, -0.15) is 0 Å². The van der Waals surface area contributed by atoms with Gasteiger partial charge in [0.2, 0.25) is 0 Å². The fraction of sp³-hybridized carbons (Fsp3) is 0.833. The van der Waals surface area contributed by atoms with Crippen molar-refractivity contribution in [1.29, 1.82) is 0 Å². The zero-order chi connectivity index (χ0) is 14.3. The second-order valence-electron chi connectivity index (χ2n) is 4.51. The molecule has 0 fully saturated rings. The number of likely N-dealkylation sites (N-methyl/N-ethyl adjacent to an activating group) is 1. The van der Waals surface area contributed by atoms with Crippen molar-refractivity contribution in [2.75, 3.05) is 20.3 Å². The number of urea groups is 1. The minimum atomic E-state index is -1.24. The molecular formula is C12H24N2O4. The van der Waals surface area contributed by atoms with Crippen LogP contribution in [0.3, 0.4) is 0 Å². The average molecular weight is 260 g/mol. The van der Waals surface area contributed by atoms with E-state index >= 15 is 0 Å². The van der Waals surface area contributed by atoms with Crippen LogP contribution in [0, 0.1) is 0 Å². The molecule has 18 heavy (non-hydrogen) atoms. The molecular weight excluding hydrogens is 236 g/mol. The summed E-state index contributed by atoms with van der Waals surface area (Å²) < 4.78 is 5.00. The highest BCUT2D eigenvalue weighted by molar-refractivity contribution is 5.85. The van der Waals surface area contributed by atoms with E-state index in [4.69, 9.17) is 9.84 Å². The van der Waals surface area contributed by atoms with E-state index in [2.05, 4.69) is 5.32 Å². The summed E-state index contributed by atoms with van der Waals surface area (Å²) >= 11 is 0. The number of hydrogen-bond donors (Lipinski definition) is 2. The molecule has 106 valence electrons. The molecule has 0 aromatic carbocycles. The Morgan fingerprint density at radius 2 is 2.00 bits per heavy atom. The minimum absolute atomic E-state index is 0.102. The largest absolute Gasteiger partial charge is 0.480 e. The number of rotatable bonds is 7. The maximum atomic E-state index is 12.1. The van der Waals surface area contributed by atoms with Gasteiger partial charge in [-0.1, -0.05) is 6.92 Å². The second-order valence-corrected chi connectivity index (χ2v) is 4.51. The summed E-state index contributed by atoms with van der Waals surface area (Å²) in [7, 11) is 1.57. The van der Waals surface area contributed by atoms with E-state index in [9.17, 15) is 9.59 Å². The molecule has 0 aromatic rings. The summed E-state index contributed by atoms with van der Waals surface area (Å²) in [4.78, 5) is 24.8. The highest BCUT2D eigenvalue weighted by atomic mass is 16.5. The van der Waals surface area contributed by atoms with E-state index in [0.717, 1.165) is 0 Å². The fourth-order valence-electron chi connectivity index (χ4n) is 1.59. The number of nitrogens with zero attached hydrogens (tertiary/aromatic N) is 1. The van der Waals surface area contributed by atoms with Gasteiger partial charge in [0.1, 0.15) is 5.54 Å². The van der Waals surface area contributed by atoms with Gasteiger partial charge in [-0.05, 0) is 27.2 Å². The van der Waals surface area contributed by atoms with Gasteiger partial charge in [-0.25, -0.2) is 9.59 Å². The summed E-state index contributed by atoms with van der Waals surface area (Å²) in [5, 5.41) is 11.7. The first kappa shape index (κ1) is 16.7. The van der Waals surface area contributed by atoms with Crippen LogP contribution in [0.15, 0.2) is 0 Å². The number of amides is 2. The summed E-state index contributed by atoms with van der Waals surface area (Å²) in [5.74, 6) is -1.03. The van der Waals surface area contributed by atoms with Crippen LogP contribution in [-0.4, -0.2) is 53.8 Å². The SMILES string of the molecule is CCN(C(=O)NC(C)(CC)C(=O)O)C(C)COC. The topological polar surface area (TPSA) is 78.9 Å². The Balaban J connectivity index is 4.76. The minimum Gasteiger partial charge on any atom is -0.480 e. The lowest BCUT2D eigenvalue weighted by atomic mass is 9.99. The Kier molecular flexibility index (Phi) is 6.68. The van der Waals surface area contributed by atoms with Gasteiger partial charge in [-0.15, -0.1) is 0 Å². The van der Waals surface area contributed by atoms with Gasteiger partial charge in [0.05, 0.1) is 12.6 Å². The van der Waals surface area contributed by atoms with E-state index in [1.54, 1.807) is 18.9 Å². The number of methoxy groups -OCH3 is 1. The van der Waals surface area contributed by atoms with Crippen LogP contribution in [0.2, 0.25) is 0 Å². The van der Waals surface area contributed by atoms with Crippen LogP contribution in [0.5, 0.6) is 0 Å². The van der Waals surface area contributed by atoms with E-state index < -0.39 is 11.5 Å². The number of ether oxygens (including phenoxy) is 1. The standard InChI is InChI=1S/C12H24N2O4/c1-6-12(4,10(15)16)13-11(17)14(7-2)9(3)8-18-5/h9H,6-8H2,1-5H3,(H,13,17)(H,15,16). The second kappa shape index (κ2) is 7.20. The van der Waals surface area contributed by atoms with Crippen molar-refractivity contribution < 1.29 is 19.4 Å². The van der Waals surface area contributed by atoms with Crippen LogP contribution in [0.1, 0.15) is 34.1 Å². The molecule has 0 aliphatic carbocycles. The number of carbonyl (C=O) groups excluding carboxylic acids is 1. The summed E-state index contributed by atoms with van der Waals surface area (Å²) in [6.07, 6.45) is 0.324. The number of nitrogens with one attached hydrogen (secondary N) is 1. The van der Waals surface area contributed by atoms with Crippen LogP contribution >= 0.6 is 0 Å². The Morgan fingerprint density at radius 1 is 1.44 bits per heavy atom. The van der Waals surface area contributed by atoms with Gasteiger partial charge < -0.3 is 20.1 Å². The van der Waals surface area contributed by atoms with E-state index in [1.807, 2.05) is 13.8 Å². The third-order valence-corrected chi connectivity index (χ3v) is 3.10. The molecule has 2 unspecified atom stereocenters. The summed E-state index contributed by atoms with van der Waals surface area (Å²) in [6, 6.07) is -0.483. The first-order chi connectivity index (χ1) is 8.32.